The summed E-state index contributed by atoms with van der Waals surface area (Å²) in [6, 6.07) is 14.4. The van der Waals surface area contributed by atoms with E-state index in [-0.39, 0.29) is 13.2 Å². The summed E-state index contributed by atoms with van der Waals surface area (Å²) in [6.45, 7) is 9.28. The van der Waals surface area contributed by atoms with Gasteiger partial charge in [0.2, 0.25) is 17.6 Å². The van der Waals surface area contributed by atoms with Crippen LogP contribution in [0.2, 0.25) is 5.02 Å². The lowest BCUT2D eigenvalue weighted by atomic mass is 9.96. The van der Waals surface area contributed by atoms with Gasteiger partial charge in [0.1, 0.15) is 5.92 Å². The molecule has 2 fully saturated rings. The van der Waals surface area contributed by atoms with Gasteiger partial charge >= 0.3 is 0 Å². The number of ketones is 2. The number of carbonyl (C=O) groups excluding carboxylic acids is 4. The molecule has 2 aromatic rings. The standard InChI is InChI=1S/C27H29ClN2O5/c1-6-35-24-22(32)27(25(34)29(24)15-17-10-8-7-9-11-17)20(21(27)31)23(33)30(26(3,4)5)19-14-16(2)12-13-18(19)28/h7-14,20,24H,6,15H2,1-5H3. The Morgan fingerprint density at radius 3 is 2.34 bits per heavy atom. The maximum absolute atomic E-state index is 13.9. The molecule has 3 atom stereocenters. The highest BCUT2D eigenvalue weighted by atomic mass is 35.5. The quantitative estimate of drug-likeness (QED) is 0.565. The molecule has 0 bridgehead atoms. The van der Waals surface area contributed by atoms with Crippen molar-refractivity contribution in [2.45, 2.75) is 52.9 Å². The van der Waals surface area contributed by atoms with Crippen molar-refractivity contribution >= 4 is 40.7 Å². The first-order chi connectivity index (χ1) is 16.5. The average Bonchev–Trinajstić information content (AvgIpc) is 3.37. The zero-order valence-corrected chi connectivity index (χ0v) is 21.3. The molecule has 35 heavy (non-hydrogen) atoms. The van der Waals surface area contributed by atoms with Crippen LogP contribution in [-0.4, -0.2) is 46.7 Å². The molecule has 184 valence electrons. The van der Waals surface area contributed by atoms with E-state index in [4.69, 9.17) is 16.3 Å². The predicted molar refractivity (Wildman–Crippen MR) is 132 cm³/mol. The monoisotopic (exact) mass is 496 g/mol. The van der Waals surface area contributed by atoms with Crippen molar-refractivity contribution in [2.24, 2.45) is 11.3 Å². The van der Waals surface area contributed by atoms with Crippen LogP contribution in [0.1, 0.15) is 38.8 Å². The summed E-state index contributed by atoms with van der Waals surface area (Å²) in [6.07, 6.45) is -1.22. The first kappa shape index (κ1) is 25.1. The Bertz CT molecular complexity index is 1210. The summed E-state index contributed by atoms with van der Waals surface area (Å²) < 4.78 is 5.63. The van der Waals surface area contributed by atoms with Crippen molar-refractivity contribution in [1.29, 1.82) is 0 Å². The molecule has 1 saturated heterocycles. The topological polar surface area (TPSA) is 84.0 Å². The highest BCUT2D eigenvalue weighted by Crippen LogP contribution is 2.57. The van der Waals surface area contributed by atoms with Crippen LogP contribution in [0.5, 0.6) is 0 Å². The minimum absolute atomic E-state index is 0.0959. The molecular weight excluding hydrogens is 468 g/mol. The molecular formula is C27H29ClN2O5. The van der Waals surface area contributed by atoms with Crippen LogP contribution >= 0.6 is 11.6 Å². The van der Waals surface area contributed by atoms with Crippen molar-refractivity contribution in [1.82, 2.24) is 4.90 Å². The van der Waals surface area contributed by atoms with Crippen molar-refractivity contribution in [3.8, 4) is 0 Å². The number of Topliss-reactive ketones (excluding diaryl/α,β-unsaturated/α-hetero) is 2. The highest BCUT2D eigenvalue weighted by molar-refractivity contribution is 6.46. The second kappa shape index (κ2) is 8.88. The van der Waals surface area contributed by atoms with Gasteiger partial charge in [0.25, 0.3) is 0 Å². The Morgan fingerprint density at radius 1 is 1.09 bits per heavy atom. The summed E-state index contributed by atoms with van der Waals surface area (Å²) in [5.41, 5.74) is -0.729. The smallest absolute Gasteiger partial charge is 0.248 e. The molecule has 2 aromatic carbocycles. The van der Waals surface area contributed by atoms with Crippen LogP contribution in [0.15, 0.2) is 48.5 Å². The number of nitrogens with zero attached hydrogens (tertiary/aromatic N) is 2. The Balaban J connectivity index is 1.73. The minimum atomic E-state index is -2.05. The van der Waals surface area contributed by atoms with Gasteiger partial charge in [-0.3, -0.25) is 19.2 Å². The minimum Gasteiger partial charge on any atom is -0.351 e. The van der Waals surface area contributed by atoms with Gasteiger partial charge in [-0.05, 0) is 57.9 Å². The van der Waals surface area contributed by atoms with Crippen LogP contribution in [0.25, 0.3) is 0 Å². The zero-order valence-electron chi connectivity index (χ0n) is 20.5. The van der Waals surface area contributed by atoms with Gasteiger partial charge < -0.3 is 14.5 Å². The fraction of sp³-hybridized carbons (Fsp3) is 0.407. The summed E-state index contributed by atoms with van der Waals surface area (Å²) in [5.74, 6) is -4.07. The summed E-state index contributed by atoms with van der Waals surface area (Å²) in [7, 11) is 0. The van der Waals surface area contributed by atoms with Gasteiger partial charge in [0.05, 0.1) is 10.7 Å². The largest absolute Gasteiger partial charge is 0.351 e. The van der Waals surface area contributed by atoms with E-state index in [9.17, 15) is 19.2 Å². The van der Waals surface area contributed by atoms with Crippen molar-refractivity contribution in [3.63, 3.8) is 0 Å². The molecule has 1 aliphatic heterocycles. The second-order valence-corrected chi connectivity index (χ2v) is 10.4. The van der Waals surface area contributed by atoms with Gasteiger partial charge in [0.15, 0.2) is 17.4 Å². The van der Waals surface area contributed by atoms with Crippen LogP contribution in [0, 0.1) is 18.3 Å². The van der Waals surface area contributed by atoms with Gasteiger partial charge in [-0.25, -0.2) is 0 Å². The lowest BCUT2D eigenvalue weighted by molar-refractivity contribution is -0.143. The zero-order chi connectivity index (χ0) is 25.7. The number of amides is 2. The van der Waals surface area contributed by atoms with Gasteiger partial charge in [-0.1, -0.05) is 48.0 Å². The van der Waals surface area contributed by atoms with Gasteiger partial charge in [-0.2, -0.15) is 0 Å². The molecule has 3 unspecified atom stereocenters. The molecule has 1 saturated carbocycles. The lowest BCUT2D eigenvalue weighted by Crippen LogP contribution is -2.48. The van der Waals surface area contributed by atoms with Crippen LogP contribution in [0.3, 0.4) is 0 Å². The number of hydrogen-bond donors (Lipinski definition) is 0. The maximum atomic E-state index is 13.9. The van der Waals surface area contributed by atoms with Gasteiger partial charge in [0, 0.05) is 18.7 Å². The average molecular weight is 497 g/mol. The molecule has 2 aliphatic rings. The van der Waals surface area contributed by atoms with Crippen LogP contribution in [-0.2, 0) is 30.5 Å². The third-order valence-corrected chi connectivity index (χ3v) is 6.82. The fourth-order valence-electron chi connectivity index (χ4n) is 4.86. The number of benzene rings is 2. The van der Waals surface area contributed by atoms with Crippen molar-refractivity contribution in [3.05, 3.63) is 64.7 Å². The van der Waals surface area contributed by atoms with E-state index < -0.39 is 46.5 Å². The molecule has 2 amide bonds. The molecule has 8 heteroatoms. The molecule has 0 N–H and O–H groups in total. The van der Waals surface area contributed by atoms with E-state index in [0.29, 0.717) is 10.7 Å². The normalized spacial score (nSPS) is 23.8. The second-order valence-electron chi connectivity index (χ2n) is 10.00. The number of carbonyl (C=O) groups is 4. The molecule has 7 nitrogen and oxygen atoms in total. The molecule has 4 rings (SSSR count). The third kappa shape index (κ3) is 3.96. The lowest BCUT2D eigenvalue weighted by Gasteiger charge is -2.36. The summed E-state index contributed by atoms with van der Waals surface area (Å²) >= 11 is 6.45. The molecule has 0 radical (unpaired) electrons. The summed E-state index contributed by atoms with van der Waals surface area (Å²) in [5, 5.41) is 0.336. The van der Waals surface area contributed by atoms with E-state index in [2.05, 4.69) is 0 Å². The fourth-order valence-corrected chi connectivity index (χ4v) is 5.06. The first-order valence-corrected chi connectivity index (χ1v) is 12.0. The van der Waals surface area contributed by atoms with E-state index >= 15 is 0 Å². The number of anilines is 1. The van der Waals surface area contributed by atoms with E-state index in [0.717, 1.165) is 11.1 Å². The van der Waals surface area contributed by atoms with Crippen LogP contribution < -0.4 is 4.90 Å². The van der Waals surface area contributed by atoms with Crippen molar-refractivity contribution < 1.29 is 23.9 Å². The Hall–Kier alpha value is -3.03. The molecule has 0 aromatic heterocycles. The maximum Gasteiger partial charge on any atom is 0.248 e. The highest BCUT2D eigenvalue weighted by Gasteiger charge is 2.83. The molecule has 1 aliphatic carbocycles. The molecule has 1 spiro atoms. The first-order valence-electron chi connectivity index (χ1n) is 11.6. The van der Waals surface area contributed by atoms with E-state index in [1.165, 1.54) is 9.80 Å². The number of rotatable bonds is 6. The SMILES string of the molecule is CCOC1C(=O)C2(C(=O)C2C(=O)N(c2cc(C)ccc2Cl)C(C)(C)C)C(=O)N1Cc1ccccc1. The number of likely N-dealkylation sites (tertiary alicyclic amines) is 1. The van der Waals surface area contributed by atoms with E-state index in [1.807, 2.05) is 64.1 Å². The van der Waals surface area contributed by atoms with E-state index in [1.54, 1.807) is 19.1 Å². The Morgan fingerprint density at radius 2 is 1.74 bits per heavy atom. The van der Waals surface area contributed by atoms with Crippen molar-refractivity contribution in [2.75, 3.05) is 11.5 Å². The third-order valence-electron chi connectivity index (χ3n) is 6.50. The predicted octanol–water partition coefficient (Wildman–Crippen LogP) is 3.94. The number of halogens is 1. The summed E-state index contributed by atoms with van der Waals surface area (Å²) in [4.78, 5) is 57.0. The van der Waals surface area contributed by atoms with Gasteiger partial charge in [-0.15, -0.1) is 0 Å². The van der Waals surface area contributed by atoms with Crippen LogP contribution in [0.4, 0.5) is 5.69 Å². The molecule has 1 heterocycles. The Kier molecular flexibility index (Phi) is 6.36. The number of aryl methyl sites for hydroxylation is 1. The Labute approximate surface area is 210 Å². The number of hydrogen-bond acceptors (Lipinski definition) is 5. The number of ether oxygens (including phenoxy) is 1.